The van der Waals surface area contributed by atoms with Crippen molar-refractivity contribution >= 4 is 17.3 Å². The summed E-state index contributed by atoms with van der Waals surface area (Å²) in [6.45, 7) is 0. The van der Waals surface area contributed by atoms with Gasteiger partial charge in [0.05, 0.1) is 21.5 Å². The molecule has 3 saturated carbocycles. The average molecular weight is 318 g/mol. The van der Waals surface area contributed by atoms with Crippen LogP contribution in [0.4, 0.5) is 11.4 Å². The first kappa shape index (κ1) is 14.1. The number of benzene rings is 1. The van der Waals surface area contributed by atoms with Crippen molar-refractivity contribution in [3.63, 3.8) is 0 Å². The van der Waals surface area contributed by atoms with Gasteiger partial charge in [0.1, 0.15) is 6.10 Å². The van der Waals surface area contributed by atoms with Crippen molar-refractivity contribution in [1.29, 1.82) is 0 Å². The Morgan fingerprint density at radius 2 is 1.57 bits per heavy atom. The Morgan fingerprint density at radius 3 is 2.04 bits per heavy atom. The number of nitro groups is 2. The highest BCUT2D eigenvalue weighted by Gasteiger charge is 2.64. The summed E-state index contributed by atoms with van der Waals surface area (Å²) in [6.07, 6.45) is 3.17. The van der Waals surface area contributed by atoms with Crippen LogP contribution in [0.5, 0.6) is 0 Å². The van der Waals surface area contributed by atoms with E-state index in [1.165, 1.54) is 6.42 Å². The van der Waals surface area contributed by atoms with Gasteiger partial charge in [-0.05, 0) is 42.9 Å². The van der Waals surface area contributed by atoms with Gasteiger partial charge >= 0.3 is 5.97 Å². The second kappa shape index (κ2) is 4.74. The van der Waals surface area contributed by atoms with Gasteiger partial charge in [0.25, 0.3) is 11.4 Å². The molecule has 8 heteroatoms. The van der Waals surface area contributed by atoms with Gasteiger partial charge in [0.2, 0.25) is 0 Å². The van der Waals surface area contributed by atoms with Gasteiger partial charge in [-0.15, -0.1) is 0 Å². The van der Waals surface area contributed by atoms with E-state index in [0.717, 1.165) is 31.0 Å². The van der Waals surface area contributed by atoms with E-state index in [-0.39, 0.29) is 11.7 Å². The lowest BCUT2D eigenvalue weighted by molar-refractivity contribution is -0.394. The Morgan fingerprint density at radius 1 is 0.957 bits per heavy atom. The fourth-order valence-electron chi connectivity index (χ4n) is 4.20. The van der Waals surface area contributed by atoms with Gasteiger partial charge in [-0.2, -0.15) is 0 Å². The summed E-state index contributed by atoms with van der Waals surface area (Å²) >= 11 is 0. The van der Waals surface area contributed by atoms with Gasteiger partial charge in [0.15, 0.2) is 0 Å². The zero-order valence-electron chi connectivity index (χ0n) is 12.1. The summed E-state index contributed by atoms with van der Waals surface area (Å²) in [4.78, 5) is 32.6. The van der Waals surface area contributed by atoms with E-state index in [1.54, 1.807) is 0 Å². The van der Waals surface area contributed by atoms with Crippen LogP contribution in [0.2, 0.25) is 0 Å². The summed E-state index contributed by atoms with van der Waals surface area (Å²) in [6, 6.07) is 2.91. The van der Waals surface area contributed by atoms with E-state index in [0.29, 0.717) is 23.7 Å². The number of ether oxygens (including phenoxy) is 1. The standard InChI is InChI=1S/C15H14N2O6/c18-15(23-14-11-2-1-10(11)12-6-13(12)14)7-3-8(16(19)20)5-9(4-7)17(21)22/h3-5,10-14H,1-2,6H2/t10-,11+,12+,13-,14-/m0/s1. The van der Waals surface area contributed by atoms with Crippen molar-refractivity contribution < 1.29 is 19.4 Å². The van der Waals surface area contributed by atoms with Crippen LogP contribution >= 0.6 is 0 Å². The van der Waals surface area contributed by atoms with Crippen molar-refractivity contribution in [2.75, 3.05) is 0 Å². The molecule has 1 aromatic rings. The number of nitrogens with zero attached hydrogens (tertiary/aromatic N) is 2. The molecule has 3 fully saturated rings. The van der Waals surface area contributed by atoms with Gasteiger partial charge < -0.3 is 4.74 Å². The van der Waals surface area contributed by atoms with Gasteiger partial charge in [-0.25, -0.2) is 4.79 Å². The molecule has 0 bridgehead atoms. The molecular weight excluding hydrogens is 304 g/mol. The maximum absolute atomic E-state index is 12.3. The summed E-state index contributed by atoms with van der Waals surface area (Å²) in [5, 5.41) is 21.8. The van der Waals surface area contributed by atoms with Gasteiger partial charge in [-0.1, -0.05) is 0 Å². The van der Waals surface area contributed by atoms with Crippen LogP contribution in [-0.4, -0.2) is 21.9 Å². The molecule has 0 amide bonds. The maximum Gasteiger partial charge on any atom is 0.338 e. The molecule has 0 saturated heterocycles. The first-order valence-corrected chi connectivity index (χ1v) is 7.60. The molecule has 0 N–H and O–H groups in total. The molecule has 0 heterocycles. The highest BCUT2D eigenvalue weighted by Crippen LogP contribution is 2.66. The van der Waals surface area contributed by atoms with E-state index in [4.69, 9.17) is 4.74 Å². The summed E-state index contributed by atoms with van der Waals surface area (Å²) in [5.41, 5.74) is -1.10. The Balaban J connectivity index is 1.58. The van der Waals surface area contributed by atoms with Crippen LogP contribution in [0.15, 0.2) is 18.2 Å². The molecule has 8 nitrogen and oxygen atoms in total. The quantitative estimate of drug-likeness (QED) is 0.479. The number of carbonyl (C=O) groups is 1. The average Bonchev–Trinajstić information content (AvgIpc) is 3.20. The largest absolute Gasteiger partial charge is 0.458 e. The van der Waals surface area contributed by atoms with Crippen LogP contribution in [0.1, 0.15) is 29.6 Å². The fourth-order valence-corrected chi connectivity index (χ4v) is 4.20. The van der Waals surface area contributed by atoms with E-state index < -0.39 is 27.2 Å². The number of hydrogen-bond acceptors (Lipinski definition) is 6. The molecule has 5 atom stereocenters. The molecule has 0 aliphatic heterocycles. The number of rotatable bonds is 4. The Kier molecular flexibility index (Phi) is 2.91. The molecule has 23 heavy (non-hydrogen) atoms. The monoisotopic (exact) mass is 318 g/mol. The van der Waals surface area contributed by atoms with Crippen LogP contribution in [0.25, 0.3) is 0 Å². The second-order valence-electron chi connectivity index (χ2n) is 6.59. The molecule has 0 aromatic heterocycles. The Labute approximate surface area is 130 Å². The molecule has 1 aromatic carbocycles. The third-order valence-corrected chi connectivity index (χ3v) is 5.47. The van der Waals surface area contributed by atoms with E-state index in [9.17, 15) is 25.0 Å². The first-order chi connectivity index (χ1) is 11.0. The van der Waals surface area contributed by atoms with Crippen molar-refractivity contribution in [2.45, 2.75) is 25.4 Å². The van der Waals surface area contributed by atoms with Crippen LogP contribution < -0.4 is 0 Å². The SMILES string of the molecule is O=C(O[C@H]1[C@@H]2CC[C@@H]2[C@H]2C[C@@H]21)c1cc([N+](=O)[O-])cc([N+](=O)[O-])c1. The van der Waals surface area contributed by atoms with Crippen molar-refractivity contribution in [3.05, 3.63) is 44.0 Å². The Bertz CT molecular complexity index is 700. The molecular formula is C15H14N2O6. The minimum Gasteiger partial charge on any atom is -0.458 e. The lowest BCUT2D eigenvalue weighted by atomic mass is 9.72. The highest BCUT2D eigenvalue weighted by molar-refractivity contribution is 5.91. The summed E-state index contributed by atoms with van der Waals surface area (Å²) < 4.78 is 5.57. The summed E-state index contributed by atoms with van der Waals surface area (Å²) in [5.74, 6) is 1.41. The second-order valence-corrected chi connectivity index (χ2v) is 6.59. The maximum atomic E-state index is 12.3. The lowest BCUT2D eigenvalue weighted by Crippen LogP contribution is -2.35. The number of non-ortho nitro benzene ring substituents is 2. The summed E-state index contributed by atoms with van der Waals surface area (Å²) in [7, 11) is 0. The molecule has 4 rings (SSSR count). The molecule has 0 unspecified atom stereocenters. The third-order valence-electron chi connectivity index (χ3n) is 5.47. The fraction of sp³-hybridized carbons (Fsp3) is 0.533. The van der Waals surface area contributed by atoms with E-state index in [2.05, 4.69) is 0 Å². The Hall–Kier alpha value is -2.51. The van der Waals surface area contributed by atoms with Crippen LogP contribution in [0, 0.1) is 43.9 Å². The zero-order valence-corrected chi connectivity index (χ0v) is 12.1. The van der Waals surface area contributed by atoms with Crippen LogP contribution in [0.3, 0.4) is 0 Å². The lowest BCUT2D eigenvalue weighted by Gasteiger charge is -2.36. The van der Waals surface area contributed by atoms with Crippen molar-refractivity contribution in [1.82, 2.24) is 0 Å². The predicted molar refractivity (Wildman–Crippen MR) is 76.8 cm³/mol. The number of fused-ring (bicyclic) bond motifs is 3. The van der Waals surface area contributed by atoms with Gasteiger partial charge in [-0.3, -0.25) is 20.2 Å². The number of carbonyl (C=O) groups excluding carboxylic acids is 1. The van der Waals surface area contributed by atoms with Crippen LogP contribution in [-0.2, 0) is 4.74 Å². The van der Waals surface area contributed by atoms with Crippen molar-refractivity contribution in [2.24, 2.45) is 23.7 Å². The molecule has 3 aliphatic rings. The molecule has 120 valence electrons. The minimum absolute atomic E-state index is 0.133. The molecule has 0 radical (unpaired) electrons. The smallest absolute Gasteiger partial charge is 0.338 e. The van der Waals surface area contributed by atoms with E-state index in [1.807, 2.05) is 0 Å². The number of nitro benzene ring substituents is 2. The molecule has 3 aliphatic carbocycles. The van der Waals surface area contributed by atoms with E-state index >= 15 is 0 Å². The topological polar surface area (TPSA) is 113 Å². The minimum atomic E-state index is -0.752. The first-order valence-electron chi connectivity index (χ1n) is 7.60. The number of esters is 1. The number of hydrogen-bond donors (Lipinski definition) is 0. The predicted octanol–water partition coefficient (Wildman–Crippen LogP) is 2.70. The normalized spacial score (nSPS) is 33.1. The van der Waals surface area contributed by atoms with Gasteiger partial charge in [0, 0.05) is 12.1 Å². The molecule has 0 spiro atoms. The van der Waals surface area contributed by atoms with Crippen molar-refractivity contribution in [3.8, 4) is 0 Å². The highest BCUT2D eigenvalue weighted by atomic mass is 16.6. The zero-order chi connectivity index (χ0) is 16.3. The third kappa shape index (κ3) is 2.16.